The number of hydrogen-bond acceptors (Lipinski definition) is 1. The molecule has 0 spiro atoms. The molecule has 70 valence electrons. The number of quaternary nitrogens is 1. The monoisotopic (exact) mass is 168 g/mol. The van der Waals surface area contributed by atoms with Crippen LogP contribution < -0.4 is 4.90 Å². The molecule has 0 aromatic carbocycles. The molecule has 1 rings (SSSR count). The topological polar surface area (TPSA) is 28.2 Å². The minimum atomic E-state index is 1.36. The fourth-order valence-electron chi connectivity index (χ4n) is 1.73. The summed E-state index contributed by atoms with van der Waals surface area (Å²) in [5.74, 6) is 0. The molecule has 0 aromatic heterocycles. The van der Waals surface area contributed by atoms with Crippen LogP contribution in [0.5, 0.6) is 0 Å². The first kappa shape index (κ1) is 11.4. The Kier molecular flexibility index (Phi) is 8.15. The fourth-order valence-corrected chi connectivity index (χ4v) is 1.73. The molecular weight excluding hydrogens is 148 g/mol. The Bertz CT molecular complexity index is 104. The largest absolute Gasteiger partial charge is 0.512 e. The van der Waals surface area contributed by atoms with E-state index in [1.165, 1.54) is 51.7 Å². The Morgan fingerprint density at radius 2 is 1.75 bits per heavy atom. The van der Waals surface area contributed by atoms with Crippen LogP contribution in [0.4, 0.5) is 0 Å². The van der Waals surface area contributed by atoms with Crippen molar-refractivity contribution in [1.82, 2.24) is 0 Å². The Morgan fingerprint density at radius 1 is 1.17 bits per heavy atom. The second-order valence-electron chi connectivity index (χ2n) is 3.41. The molecule has 0 saturated carbocycles. The number of hydrogen-bond donors (Lipinski definition) is 1. The molecular formula is C10H20N2. The van der Waals surface area contributed by atoms with Crippen LogP contribution in [0.2, 0.25) is 0 Å². The first-order valence-corrected chi connectivity index (χ1v) is 4.99. The maximum Gasteiger partial charge on any atom is 0.0770 e. The third-order valence-electron chi connectivity index (χ3n) is 2.44. The first-order valence-electron chi connectivity index (χ1n) is 4.99. The van der Waals surface area contributed by atoms with E-state index in [4.69, 9.17) is 11.8 Å². The second-order valence-corrected chi connectivity index (χ2v) is 3.41. The van der Waals surface area contributed by atoms with Crippen molar-refractivity contribution in [2.45, 2.75) is 39.0 Å². The highest BCUT2D eigenvalue weighted by Gasteiger charge is 2.11. The molecule has 12 heavy (non-hydrogen) atoms. The third-order valence-corrected chi connectivity index (χ3v) is 2.44. The van der Waals surface area contributed by atoms with E-state index in [9.17, 15) is 0 Å². The van der Waals surface area contributed by atoms with Crippen LogP contribution >= 0.6 is 0 Å². The lowest BCUT2D eigenvalue weighted by Crippen LogP contribution is -3.12. The SMILES string of the molecule is CCCC[NH+]1CCCCC1.[C-]#N. The summed E-state index contributed by atoms with van der Waals surface area (Å²) in [7, 11) is 0. The maximum absolute atomic E-state index is 6.25. The summed E-state index contributed by atoms with van der Waals surface area (Å²) in [5.41, 5.74) is 0. The minimum absolute atomic E-state index is 1.36. The van der Waals surface area contributed by atoms with Gasteiger partial charge in [-0.15, -0.1) is 0 Å². The van der Waals surface area contributed by atoms with Crippen LogP contribution in [0, 0.1) is 11.8 Å². The Hall–Kier alpha value is -0.550. The Labute approximate surface area is 76.2 Å². The highest BCUT2D eigenvalue weighted by atomic mass is 15.1. The highest BCUT2D eigenvalue weighted by Crippen LogP contribution is 1.94. The summed E-state index contributed by atoms with van der Waals surface area (Å²) in [5, 5.41) is 6.25. The molecule has 0 aromatic rings. The molecule has 1 aliphatic rings. The van der Waals surface area contributed by atoms with Crippen molar-refractivity contribution in [1.29, 1.82) is 5.26 Å². The smallest absolute Gasteiger partial charge is 0.0770 e. The molecule has 1 fully saturated rings. The molecule has 0 aliphatic carbocycles. The van der Waals surface area contributed by atoms with Gasteiger partial charge in [0, 0.05) is 0 Å². The zero-order chi connectivity index (χ0) is 9.23. The van der Waals surface area contributed by atoms with Crippen molar-refractivity contribution < 1.29 is 4.90 Å². The Morgan fingerprint density at radius 3 is 2.25 bits per heavy atom. The standard InChI is InChI=1S/C9H19N.CN/c1-2-3-7-10-8-5-4-6-9-10;1-2/h2-9H2,1H3;/q;-1/p+1. The van der Waals surface area contributed by atoms with Gasteiger partial charge < -0.3 is 16.7 Å². The fraction of sp³-hybridized carbons (Fsp3) is 0.900. The van der Waals surface area contributed by atoms with E-state index < -0.39 is 0 Å². The van der Waals surface area contributed by atoms with Gasteiger partial charge in [0.1, 0.15) is 0 Å². The molecule has 1 N–H and O–H groups in total. The molecule has 0 bridgehead atoms. The molecule has 1 heterocycles. The lowest BCUT2D eigenvalue weighted by atomic mass is 10.1. The molecule has 1 saturated heterocycles. The molecule has 0 amide bonds. The van der Waals surface area contributed by atoms with Crippen LogP contribution in [0.25, 0.3) is 0 Å². The van der Waals surface area contributed by atoms with Crippen molar-refractivity contribution in [3.8, 4) is 0 Å². The van der Waals surface area contributed by atoms with Gasteiger partial charge in [-0.25, -0.2) is 0 Å². The van der Waals surface area contributed by atoms with Crippen molar-refractivity contribution in [3.05, 3.63) is 6.57 Å². The van der Waals surface area contributed by atoms with Gasteiger partial charge in [0.15, 0.2) is 0 Å². The summed E-state index contributed by atoms with van der Waals surface area (Å²) in [6.45, 7) is 11.3. The van der Waals surface area contributed by atoms with E-state index in [0.717, 1.165) is 0 Å². The molecule has 2 nitrogen and oxygen atoms in total. The third kappa shape index (κ3) is 5.15. The summed E-state index contributed by atoms with van der Waals surface area (Å²) in [4.78, 5) is 1.85. The first-order chi connectivity index (χ1) is 5.93. The average Bonchev–Trinajstić information content (AvgIpc) is 2.19. The van der Waals surface area contributed by atoms with Crippen LogP contribution in [-0.4, -0.2) is 19.6 Å². The Balaban J connectivity index is 0.000000561. The normalized spacial score (nSPS) is 17.9. The van der Waals surface area contributed by atoms with Crippen LogP contribution in [0.15, 0.2) is 0 Å². The quantitative estimate of drug-likeness (QED) is 0.624. The molecule has 1 aliphatic heterocycles. The zero-order valence-electron chi connectivity index (χ0n) is 8.10. The number of likely N-dealkylation sites (tertiary alicyclic amines) is 1. The van der Waals surface area contributed by atoms with Crippen molar-refractivity contribution in [2.24, 2.45) is 0 Å². The van der Waals surface area contributed by atoms with Gasteiger partial charge in [-0.3, -0.25) is 0 Å². The van der Waals surface area contributed by atoms with Gasteiger partial charge in [-0.05, 0) is 25.7 Å². The molecule has 0 radical (unpaired) electrons. The van der Waals surface area contributed by atoms with E-state index in [-0.39, 0.29) is 0 Å². The van der Waals surface area contributed by atoms with Crippen LogP contribution in [0.3, 0.4) is 0 Å². The van der Waals surface area contributed by atoms with Crippen molar-refractivity contribution >= 4 is 0 Å². The van der Waals surface area contributed by atoms with E-state index in [0.29, 0.717) is 0 Å². The van der Waals surface area contributed by atoms with Crippen LogP contribution in [0.1, 0.15) is 39.0 Å². The summed E-state index contributed by atoms with van der Waals surface area (Å²) >= 11 is 0. The summed E-state index contributed by atoms with van der Waals surface area (Å²) in [6, 6.07) is 0. The summed E-state index contributed by atoms with van der Waals surface area (Å²) in [6.07, 6.45) is 7.21. The lowest BCUT2D eigenvalue weighted by molar-refractivity contribution is -0.905. The number of rotatable bonds is 3. The number of unbranched alkanes of at least 4 members (excludes halogenated alkanes) is 1. The lowest BCUT2D eigenvalue weighted by Gasteiger charge is -2.22. The van der Waals surface area contributed by atoms with Gasteiger partial charge in [-0.1, -0.05) is 13.3 Å². The van der Waals surface area contributed by atoms with Gasteiger partial charge in [-0.2, -0.15) is 0 Å². The highest BCUT2D eigenvalue weighted by molar-refractivity contribution is 4.45. The van der Waals surface area contributed by atoms with E-state index in [2.05, 4.69) is 6.92 Å². The average molecular weight is 168 g/mol. The molecule has 0 atom stereocenters. The van der Waals surface area contributed by atoms with Gasteiger partial charge >= 0.3 is 0 Å². The van der Waals surface area contributed by atoms with Gasteiger partial charge in [0.25, 0.3) is 0 Å². The maximum atomic E-state index is 6.25. The zero-order valence-corrected chi connectivity index (χ0v) is 8.10. The predicted molar refractivity (Wildman–Crippen MR) is 49.3 cm³/mol. The van der Waals surface area contributed by atoms with Crippen molar-refractivity contribution in [3.63, 3.8) is 0 Å². The van der Waals surface area contributed by atoms with E-state index in [1.807, 2.05) is 4.90 Å². The number of piperidine rings is 1. The predicted octanol–water partition coefficient (Wildman–Crippen LogP) is 0.952. The van der Waals surface area contributed by atoms with Crippen molar-refractivity contribution in [2.75, 3.05) is 19.6 Å². The number of nitrogens with zero attached hydrogens (tertiary/aromatic N) is 1. The van der Waals surface area contributed by atoms with Gasteiger partial charge in [0.2, 0.25) is 0 Å². The minimum Gasteiger partial charge on any atom is -0.512 e. The van der Waals surface area contributed by atoms with Crippen LogP contribution in [-0.2, 0) is 0 Å². The second kappa shape index (κ2) is 8.55. The van der Waals surface area contributed by atoms with E-state index in [1.54, 1.807) is 0 Å². The van der Waals surface area contributed by atoms with E-state index >= 15 is 0 Å². The van der Waals surface area contributed by atoms with Gasteiger partial charge in [0.05, 0.1) is 19.6 Å². The molecule has 2 heteroatoms. The number of nitrogens with one attached hydrogen (secondary N) is 1. The molecule has 0 unspecified atom stereocenters. The summed E-state index contributed by atoms with van der Waals surface area (Å²) < 4.78 is 0.